The Morgan fingerprint density at radius 1 is 1.09 bits per heavy atom. The number of benzene rings is 1. The van der Waals surface area contributed by atoms with Crippen molar-refractivity contribution in [2.24, 2.45) is 5.92 Å². The maximum Gasteiger partial charge on any atom is 0.459 e. The molecule has 1 aliphatic rings. The zero-order valence-corrected chi connectivity index (χ0v) is 28.2. The number of ether oxygens (including phenoxy) is 4. The van der Waals surface area contributed by atoms with Crippen LogP contribution in [0.3, 0.4) is 0 Å². The first-order valence-electron chi connectivity index (χ1n) is 15.3. The molecule has 1 aliphatic heterocycles. The van der Waals surface area contributed by atoms with E-state index >= 15 is 0 Å². The SMILES string of the molecule is CCC(CC)COC(=O)[C@H](C)N[P@](=O)(OC[C@@]1(C)O[C@@H](c2ccc3c(N)ncnn23)[C@H](OC(C)=O)[C@@H]1OC(C)=O)Oc1ccccc1. The number of nitrogens with one attached hydrogen (secondary N) is 1. The number of nitrogen functional groups attached to an aromatic ring is 1. The molecule has 0 unspecified atom stereocenters. The first-order valence-corrected chi connectivity index (χ1v) is 16.9. The van der Waals surface area contributed by atoms with Gasteiger partial charge in [0.15, 0.2) is 18.0 Å². The summed E-state index contributed by atoms with van der Waals surface area (Å²) < 4.78 is 50.8. The van der Waals surface area contributed by atoms with E-state index in [4.69, 9.17) is 33.7 Å². The Hall–Kier alpha value is -4.04. The van der Waals surface area contributed by atoms with Gasteiger partial charge in [-0.15, -0.1) is 0 Å². The van der Waals surface area contributed by atoms with Crippen LogP contribution in [0, 0.1) is 5.92 Å². The first kappa shape index (κ1) is 35.8. The number of fused-ring (bicyclic) bond motifs is 1. The zero-order valence-electron chi connectivity index (χ0n) is 27.3. The fourth-order valence-corrected chi connectivity index (χ4v) is 6.80. The van der Waals surface area contributed by atoms with Crippen LogP contribution in [0.4, 0.5) is 5.82 Å². The second-order valence-electron chi connectivity index (χ2n) is 11.5. The molecule has 0 amide bonds. The summed E-state index contributed by atoms with van der Waals surface area (Å²) in [6.45, 7) is 9.15. The van der Waals surface area contributed by atoms with Crippen LogP contribution in [0.25, 0.3) is 5.52 Å². The van der Waals surface area contributed by atoms with Crippen molar-refractivity contribution < 1.29 is 46.9 Å². The van der Waals surface area contributed by atoms with Crippen LogP contribution < -0.4 is 15.3 Å². The molecule has 2 aromatic heterocycles. The number of para-hydroxylation sites is 1. The Kier molecular flexibility index (Phi) is 11.6. The molecule has 0 saturated carbocycles. The van der Waals surface area contributed by atoms with E-state index in [1.54, 1.807) is 49.4 Å². The normalized spacial score (nSPS) is 22.8. The summed E-state index contributed by atoms with van der Waals surface area (Å²) in [5.74, 6) is -1.41. The number of anilines is 1. The van der Waals surface area contributed by atoms with Crippen LogP contribution in [-0.2, 0) is 42.4 Å². The highest BCUT2D eigenvalue weighted by atomic mass is 31.2. The largest absolute Gasteiger partial charge is 0.464 e. The Morgan fingerprint density at radius 2 is 1.77 bits per heavy atom. The number of rotatable bonds is 15. The van der Waals surface area contributed by atoms with Crippen LogP contribution in [0.5, 0.6) is 5.75 Å². The Morgan fingerprint density at radius 3 is 2.40 bits per heavy atom. The van der Waals surface area contributed by atoms with Crippen molar-refractivity contribution in [2.45, 2.75) is 84.3 Å². The molecule has 3 N–H and O–H groups in total. The number of nitrogens with zero attached hydrogens (tertiary/aromatic N) is 3. The van der Waals surface area contributed by atoms with Gasteiger partial charge in [0, 0.05) is 13.8 Å². The van der Waals surface area contributed by atoms with Gasteiger partial charge < -0.3 is 29.2 Å². The fourth-order valence-electron chi connectivity index (χ4n) is 5.21. The summed E-state index contributed by atoms with van der Waals surface area (Å²) in [5.41, 5.74) is 5.33. The predicted molar refractivity (Wildman–Crippen MR) is 169 cm³/mol. The molecule has 47 heavy (non-hydrogen) atoms. The summed E-state index contributed by atoms with van der Waals surface area (Å²) in [4.78, 5) is 41.5. The Bertz CT molecular complexity index is 1600. The molecule has 0 aliphatic carbocycles. The molecule has 1 fully saturated rings. The van der Waals surface area contributed by atoms with E-state index in [0.29, 0.717) is 11.2 Å². The van der Waals surface area contributed by atoms with Crippen molar-refractivity contribution >= 4 is 37.0 Å². The van der Waals surface area contributed by atoms with E-state index in [9.17, 15) is 18.9 Å². The number of carbonyl (C=O) groups is 3. The summed E-state index contributed by atoms with van der Waals surface area (Å²) in [5, 5.41) is 6.92. The average molecular weight is 676 g/mol. The molecule has 16 heteroatoms. The lowest BCUT2D eigenvalue weighted by molar-refractivity contribution is -0.169. The fraction of sp³-hybridized carbons (Fsp3) is 0.516. The topological polar surface area (TPSA) is 192 Å². The van der Waals surface area contributed by atoms with E-state index < -0.39 is 62.2 Å². The maximum absolute atomic E-state index is 14.3. The monoisotopic (exact) mass is 675 g/mol. The standard InChI is InChI=1S/C31H42N5O10P/c1-7-22(8-2)16-41-30(39)19(3)35-47(40,46-23-12-10-9-11-13-23)42-17-31(6)28(44-21(5)38)27(43-20(4)37)26(45-31)24-14-15-25-29(32)33-18-34-36(24)25/h9-15,18-19,22,26-28H,7-8,16-17H2,1-6H3,(H,35,40)(H2,32,33,34)/t19-,26-,27-,28-,31+,47-/m0/s1. The number of esters is 3. The van der Waals surface area contributed by atoms with E-state index in [1.165, 1.54) is 31.6 Å². The van der Waals surface area contributed by atoms with Crippen LogP contribution in [0.1, 0.15) is 66.2 Å². The summed E-state index contributed by atoms with van der Waals surface area (Å²) in [7, 11) is -4.36. The second kappa shape index (κ2) is 15.2. The van der Waals surface area contributed by atoms with Gasteiger partial charge in [0.05, 0.1) is 18.9 Å². The second-order valence-corrected chi connectivity index (χ2v) is 13.2. The third-order valence-electron chi connectivity index (χ3n) is 7.80. The van der Waals surface area contributed by atoms with Crippen molar-refractivity contribution in [3.8, 4) is 5.75 Å². The number of carbonyl (C=O) groups excluding carboxylic acids is 3. The quantitative estimate of drug-likeness (QED) is 0.132. The maximum atomic E-state index is 14.3. The summed E-state index contributed by atoms with van der Waals surface area (Å²) in [6.07, 6.45) is -0.545. The molecule has 0 spiro atoms. The molecule has 3 heterocycles. The van der Waals surface area contributed by atoms with Gasteiger partial charge in [-0.2, -0.15) is 10.2 Å². The van der Waals surface area contributed by atoms with Crippen LogP contribution in [0.2, 0.25) is 0 Å². The number of hydrogen-bond acceptors (Lipinski definition) is 13. The summed E-state index contributed by atoms with van der Waals surface area (Å²) in [6, 6.07) is 10.5. The number of hydrogen-bond donors (Lipinski definition) is 2. The molecule has 6 atom stereocenters. The lowest BCUT2D eigenvalue weighted by atomic mass is 9.96. The van der Waals surface area contributed by atoms with Crippen molar-refractivity contribution in [2.75, 3.05) is 18.9 Å². The average Bonchev–Trinajstić information content (AvgIpc) is 3.56. The highest BCUT2D eigenvalue weighted by Crippen LogP contribution is 2.49. The summed E-state index contributed by atoms with van der Waals surface area (Å²) >= 11 is 0. The minimum Gasteiger partial charge on any atom is -0.464 e. The van der Waals surface area contributed by atoms with Gasteiger partial charge >= 0.3 is 25.7 Å². The molecule has 0 radical (unpaired) electrons. The molecular formula is C31H42N5O10P. The van der Waals surface area contributed by atoms with E-state index in [0.717, 1.165) is 12.8 Å². The molecule has 1 saturated heterocycles. The van der Waals surface area contributed by atoms with Gasteiger partial charge in [0.25, 0.3) is 0 Å². The van der Waals surface area contributed by atoms with Crippen molar-refractivity contribution in [1.29, 1.82) is 0 Å². The van der Waals surface area contributed by atoms with Crippen molar-refractivity contribution in [3.63, 3.8) is 0 Å². The molecule has 1 aromatic carbocycles. The van der Waals surface area contributed by atoms with Crippen molar-refractivity contribution in [3.05, 3.63) is 54.5 Å². The number of aromatic nitrogens is 3. The van der Waals surface area contributed by atoms with E-state index in [1.807, 2.05) is 13.8 Å². The van der Waals surface area contributed by atoms with E-state index in [2.05, 4.69) is 15.2 Å². The highest BCUT2D eigenvalue weighted by Gasteiger charge is 2.58. The van der Waals surface area contributed by atoms with Gasteiger partial charge in [0.2, 0.25) is 0 Å². The molecule has 256 valence electrons. The van der Waals surface area contributed by atoms with Gasteiger partial charge in [-0.25, -0.2) is 14.1 Å². The van der Waals surface area contributed by atoms with Crippen LogP contribution in [-0.4, -0.2) is 69.6 Å². The van der Waals surface area contributed by atoms with Gasteiger partial charge in [-0.05, 0) is 44.0 Å². The number of nitrogens with two attached hydrogens (primary N) is 1. The van der Waals surface area contributed by atoms with E-state index in [-0.39, 0.29) is 24.1 Å². The zero-order chi connectivity index (χ0) is 34.4. The van der Waals surface area contributed by atoms with Crippen LogP contribution in [0.15, 0.2) is 48.8 Å². The molecule has 4 rings (SSSR count). The Balaban J connectivity index is 1.65. The third-order valence-corrected chi connectivity index (χ3v) is 9.43. The lowest BCUT2D eigenvalue weighted by Gasteiger charge is -2.32. The molecule has 15 nitrogen and oxygen atoms in total. The van der Waals surface area contributed by atoms with Crippen molar-refractivity contribution in [1.82, 2.24) is 19.7 Å². The Labute approximate surface area is 273 Å². The lowest BCUT2D eigenvalue weighted by Crippen LogP contribution is -2.48. The molecule has 0 bridgehead atoms. The molecule has 3 aromatic rings. The first-order chi connectivity index (χ1) is 22.3. The molecular weight excluding hydrogens is 633 g/mol. The highest BCUT2D eigenvalue weighted by molar-refractivity contribution is 7.52. The predicted octanol–water partition coefficient (Wildman–Crippen LogP) is 4.17. The smallest absolute Gasteiger partial charge is 0.459 e. The minimum atomic E-state index is -4.36. The minimum absolute atomic E-state index is 0.186. The van der Waals surface area contributed by atoms with Gasteiger partial charge in [-0.3, -0.25) is 18.9 Å². The van der Waals surface area contributed by atoms with Gasteiger partial charge in [0.1, 0.15) is 35.3 Å². The third kappa shape index (κ3) is 8.66. The van der Waals surface area contributed by atoms with Crippen LogP contribution >= 0.6 is 7.75 Å². The van der Waals surface area contributed by atoms with Gasteiger partial charge in [-0.1, -0.05) is 44.9 Å².